The first-order valence-electron chi connectivity index (χ1n) is 12.8. The maximum Gasteiger partial charge on any atom is 0.302 e. The van der Waals surface area contributed by atoms with Crippen molar-refractivity contribution >= 4 is 5.97 Å². The molecular formula is C26H46O2. The van der Waals surface area contributed by atoms with Crippen LogP contribution in [0.3, 0.4) is 0 Å². The van der Waals surface area contributed by atoms with E-state index in [9.17, 15) is 4.79 Å². The van der Waals surface area contributed by atoms with E-state index < -0.39 is 0 Å². The van der Waals surface area contributed by atoms with Crippen LogP contribution in [0.15, 0.2) is 0 Å². The van der Waals surface area contributed by atoms with E-state index in [-0.39, 0.29) is 12.1 Å². The molecule has 3 saturated carbocycles. The molecule has 3 aliphatic carbocycles. The molecule has 3 rings (SSSR count). The predicted octanol–water partition coefficient (Wildman–Crippen LogP) is 7.69. The van der Waals surface area contributed by atoms with Gasteiger partial charge in [-0.25, -0.2) is 0 Å². The zero-order chi connectivity index (χ0) is 19.8. The monoisotopic (exact) mass is 390 g/mol. The molecule has 162 valence electrons. The Kier molecular flexibility index (Phi) is 9.18. The van der Waals surface area contributed by atoms with Gasteiger partial charge in [0.15, 0.2) is 0 Å². The zero-order valence-corrected chi connectivity index (χ0v) is 18.8. The molecule has 0 amide bonds. The summed E-state index contributed by atoms with van der Waals surface area (Å²) in [6, 6.07) is 0. The van der Waals surface area contributed by atoms with Crippen molar-refractivity contribution in [2.24, 2.45) is 29.6 Å². The van der Waals surface area contributed by atoms with Crippen LogP contribution in [0.2, 0.25) is 0 Å². The number of rotatable bonds is 8. The van der Waals surface area contributed by atoms with Crippen LogP contribution in [0.5, 0.6) is 0 Å². The van der Waals surface area contributed by atoms with Crippen molar-refractivity contribution in [2.45, 2.75) is 129 Å². The molecular weight excluding hydrogens is 344 g/mol. The van der Waals surface area contributed by atoms with Gasteiger partial charge in [-0.05, 0) is 93.8 Å². The first-order valence-corrected chi connectivity index (χ1v) is 12.8. The Labute approximate surface area is 174 Å². The fourth-order valence-electron chi connectivity index (χ4n) is 6.81. The summed E-state index contributed by atoms with van der Waals surface area (Å²) in [6.45, 7) is 3.86. The van der Waals surface area contributed by atoms with Gasteiger partial charge in [-0.1, -0.05) is 51.9 Å². The van der Waals surface area contributed by atoms with E-state index in [1.165, 1.54) is 96.3 Å². The molecule has 2 nitrogen and oxygen atoms in total. The van der Waals surface area contributed by atoms with Gasteiger partial charge in [-0.15, -0.1) is 0 Å². The van der Waals surface area contributed by atoms with Gasteiger partial charge < -0.3 is 4.74 Å². The van der Waals surface area contributed by atoms with Crippen LogP contribution in [0.1, 0.15) is 123 Å². The molecule has 0 heterocycles. The number of hydrogen-bond donors (Lipinski definition) is 0. The normalized spacial score (nSPS) is 36.8. The summed E-state index contributed by atoms with van der Waals surface area (Å²) in [4.78, 5) is 11.2. The molecule has 0 radical (unpaired) electrons. The Hall–Kier alpha value is -0.530. The van der Waals surface area contributed by atoms with E-state index in [1.807, 2.05) is 0 Å². The van der Waals surface area contributed by atoms with Crippen LogP contribution in [-0.4, -0.2) is 12.1 Å². The maximum atomic E-state index is 11.2. The molecule has 2 heteroatoms. The quantitative estimate of drug-likeness (QED) is 0.313. The number of esters is 1. The van der Waals surface area contributed by atoms with E-state index >= 15 is 0 Å². The average molecular weight is 391 g/mol. The van der Waals surface area contributed by atoms with E-state index in [4.69, 9.17) is 4.74 Å². The number of carbonyl (C=O) groups excluding carboxylic acids is 1. The van der Waals surface area contributed by atoms with Crippen molar-refractivity contribution in [3.8, 4) is 0 Å². The second-order valence-electron chi connectivity index (χ2n) is 10.5. The van der Waals surface area contributed by atoms with Gasteiger partial charge in [0.2, 0.25) is 0 Å². The number of hydrogen-bond acceptors (Lipinski definition) is 2. The molecule has 3 aliphatic rings. The molecule has 0 aromatic carbocycles. The van der Waals surface area contributed by atoms with Crippen LogP contribution in [0, 0.1) is 29.6 Å². The van der Waals surface area contributed by atoms with Crippen molar-refractivity contribution < 1.29 is 9.53 Å². The lowest BCUT2D eigenvalue weighted by atomic mass is 9.65. The fourth-order valence-corrected chi connectivity index (χ4v) is 6.81. The second kappa shape index (κ2) is 11.6. The minimum Gasteiger partial charge on any atom is -0.463 e. The minimum atomic E-state index is -0.0976. The van der Waals surface area contributed by atoms with Crippen LogP contribution >= 0.6 is 0 Å². The third-order valence-electron chi connectivity index (χ3n) is 8.56. The lowest BCUT2D eigenvalue weighted by Gasteiger charge is -2.41. The van der Waals surface area contributed by atoms with Crippen LogP contribution in [0.25, 0.3) is 0 Å². The Morgan fingerprint density at radius 2 is 1.14 bits per heavy atom. The van der Waals surface area contributed by atoms with Gasteiger partial charge >= 0.3 is 5.97 Å². The lowest BCUT2D eigenvalue weighted by molar-refractivity contribution is -0.148. The molecule has 3 fully saturated rings. The van der Waals surface area contributed by atoms with E-state index in [1.54, 1.807) is 6.92 Å². The van der Waals surface area contributed by atoms with E-state index in [2.05, 4.69) is 6.92 Å². The number of unbranched alkanes of at least 4 members (excludes halogenated alkanes) is 3. The summed E-state index contributed by atoms with van der Waals surface area (Å²) >= 11 is 0. The molecule has 0 aliphatic heterocycles. The zero-order valence-electron chi connectivity index (χ0n) is 18.8. The van der Waals surface area contributed by atoms with Gasteiger partial charge in [0, 0.05) is 6.92 Å². The maximum absolute atomic E-state index is 11.2. The van der Waals surface area contributed by atoms with Crippen LogP contribution in [-0.2, 0) is 9.53 Å². The summed E-state index contributed by atoms with van der Waals surface area (Å²) in [5.74, 6) is 4.91. The standard InChI is InChI=1S/C26H46O2/c1-3-4-5-6-7-21-8-10-22(11-9-21)23-12-14-24(15-13-23)25-16-18-26(19-17-25)28-20(2)27/h21-26H,3-19H2,1-2H3/t21-,22-,23-,24-,25-,26-. The minimum absolute atomic E-state index is 0.0976. The van der Waals surface area contributed by atoms with Crippen molar-refractivity contribution in [3.63, 3.8) is 0 Å². The molecule has 0 spiro atoms. The van der Waals surface area contributed by atoms with Crippen LogP contribution < -0.4 is 0 Å². The Morgan fingerprint density at radius 1 is 0.679 bits per heavy atom. The first kappa shape index (κ1) is 22.2. The fraction of sp³-hybridized carbons (Fsp3) is 0.962. The highest BCUT2D eigenvalue weighted by atomic mass is 16.5. The van der Waals surface area contributed by atoms with Crippen molar-refractivity contribution in [1.82, 2.24) is 0 Å². The summed E-state index contributed by atoms with van der Waals surface area (Å²) in [5.41, 5.74) is 0. The predicted molar refractivity (Wildman–Crippen MR) is 117 cm³/mol. The molecule has 28 heavy (non-hydrogen) atoms. The van der Waals surface area contributed by atoms with Crippen molar-refractivity contribution in [3.05, 3.63) is 0 Å². The highest BCUT2D eigenvalue weighted by Crippen LogP contribution is 2.46. The Bertz CT molecular complexity index is 435. The molecule has 0 N–H and O–H groups in total. The van der Waals surface area contributed by atoms with Crippen LogP contribution in [0.4, 0.5) is 0 Å². The average Bonchev–Trinajstić information content (AvgIpc) is 2.72. The lowest BCUT2D eigenvalue weighted by Crippen LogP contribution is -2.31. The van der Waals surface area contributed by atoms with Gasteiger partial charge in [0.05, 0.1) is 0 Å². The molecule has 0 unspecified atom stereocenters. The SMILES string of the molecule is CCCCCC[C@H]1CC[C@H]([C@H]2CC[C@H]([C@H]3CC[C@H](OC(C)=O)CC3)CC2)CC1. The van der Waals surface area contributed by atoms with Gasteiger partial charge in [0.1, 0.15) is 6.10 Å². The van der Waals surface area contributed by atoms with Gasteiger partial charge in [-0.2, -0.15) is 0 Å². The highest BCUT2D eigenvalue weighted by molar-refractivity contribution is 5.66. The molecule has 0 saturated heterocycles. The summed E-state index contributed by atoms with van der Waals surface area (Å²) in [6.07, 6.45) is 24.3. The summed E-state index contributed by atoms with van der Waals surface area (Å²) in [5, 5.41) is 0. The van der Waals surface area contributed by atoms with Gasteiger partial charge in [0.25, 0.3) is 0 Å². The molecule has 0 bridgehead atoms. The number of carbonyl (C=O) groups is 1. The molecule has 0 aromatic rings. The Morgan fingerprint density at radius 3 is 1.61 bits per heavy atom. The third-order valence-corrected chi connectivity index (χ3v) is 8.56. The smallest absolute Gasteiger partial charge is 0.302 e. The van der Waals surface area contributed by atoms with Gasteiger partial charge in [-0.3, -0.25) is 4.79 Å². The largest absolute Gasteiger partial charge is 0.463 e. The topological polar surface area (TPSA) is 26.3 Å². The molecule has 0 atom stereocenters. The summed E-state index contributed by atoms with van der Waals surface area (Å²) in [7, 11) is 0. The van der Waals surface area contributed by atoms with Crippen molar-refractivity contribution in [2.75, 3.05) is 0 Å². The first-order chi connectivity index (χ1) is 13.7. The molecule has 0 aromatic heterocycles. The second-order valence-corrected chi connectivity index (χ2v) is 10.5. The summed E-state index contributed by atoms with van der Waals surface area (Å²) < 4.78 is 5.43. The van der Waals surface area contributed by atoms with E-state index in [0.717, 1.165) is 42.4 Å². The van der Waals surface area contributed by atoms with Crippen molar-refractivity contribution in [1.29, 1.82) is 0 Å². The Balaban J connectivity index is 1.30. The highest BCUT2D eigenvalue weighted by Gasteiger charge is 2.35. The third kappa shape index (κ3) is 6.77. The number of ether oxygens (including phenoxy) is 1. The van der Waals surface area contributed by atoms with E-state index in [0.29, 0.717) is 0 Å².